The van der Waals surface area contributed by atoms with Crippen molar-refractivity contribution in [2.24, 2.45) is 4.99 Å². The Morgan fingerprint density at radius 2 is 1.71 bits per heavy atom. The third kappa shape index (κ3) is 6.83. The van der Waals surface area contributed by atoms with Crippen LogP contribution in [0.1, 0.15) is 66.6 Å². The molecule has 2 N–H and O–H groups in total. The number of hydrogen-bond donors (Lipinski definition) is 2. The molecule has 3 heterocycles. The van der Waals surface area contributed by atoms with Gasteiger partial charge in [-0.2, -0.15) is 0 Å². The number of nitrogens with zero attached hydrogens (tertiary/aromatic N) is 6. The summed E-state index contributed by atoms with van der Waals surface area (Å²) >= 11 is 2.82. The van der Waals surface area contributed by atoms with Gasteiger partial charge in [-0.25, -0.2) is 0 Å². The van der Waals surface area contributed by atoms with Gasteiger partial charge >= 0.3 is 0 Å². The second kappa shape index (κ2) is 11.8. The molecular formula is C23H26N8O2S2. The van der Waals surface area contributed by atoms with Crippen LogP contribution in [0.25, 0.3) is 0 Å². The first-order valence-electron chi connectivity index (χ1n) is 11.3. The molecular weight excluding hydrogens is 484 g/mol. The first-order valence-corrected chi connectivity index (χ1v) is 13.0. The lowest BCUT2D eigenvalue weighted by atomic mass is 9.82. The summed E-state index contributed by atoms with van der Waals surface area (Å²) in [6, 6.07) is 5.48. The summed E-state index contributed by atoms with van der Waals surface area (Å²) in [7, 11) is 0. The topological polar surface area (TPSA) is 135 Å². The van der Waals surface area contributed by atoms with E-state index in [2.05, 4.69) is 47.7 Å². The number of aliphatic imine (C=N–C) groups is 1. The van der Waals surface area contributed by atoms with E-state index in [9.17, 15) is 9.59 Å². The van der Waals surface area contributed by atoms with Crippen LogP contribution in [0.3, 0.4) is 0 Å². The Balaban J connectivity index is 1.32. The van der Waals surface area contributed by atoms with E-state index in [1.165, 1.54) is 22.7 Å². The van der Waals surface area contributed by atoms with E-state index in [1.807, 2.05) is 25.1 Å². The zero-order valence-electron chi connectivity index (χ0n) is 19.3. The lowest BCUT2D eigenvalue weighted by Crippen LogP contribution is -2.14. The highest BCUT2D eigenvalue weighted by molar-refractivity contribution is 7.15. The Labute approximate surface area is 211 Å². The van der Waals surface area contributed by atoms with Gasteiger partial charge in [-0.05, 0) is 45.0 Å². The molecule has 1 saturated carbocycles. The summed E-state index contributed by atoms with van der Waals surface area (Å²) in [5, 5.41) is 25.4. The van der Waals surface area contributed by atoms with Crippen molar-refractivity contribution in [2.75, 3.05) is 10.6 Å². The maximum Gasteiger partial charge on any atom is 0.232 e. The van der Waals surface area contributed by atoms with Gasteiger partial charge in [0.1, 0.15) is 10.0 Å². The van der Waals surface area contributed by atoms with E-state index >= 15 is 0 Å². The number of hydrogen-bond acceptors (Lipinski definition) is 10. The second-order valence-corrected chi connectivity index (χ2v) is 10.2. The number of amides is 2. The van der Waals surface area contributed by atoms with Crippen molar-refractivity contribution in [1.82, 2.24) is 25.4 Å². The minimum Gasteiger partial charge on any atom is -0.300 e. The molecule has 0 aliphatic heterocycles. The molecule has 12 heteroatoms. The Kier molecular flexibility index (Phi) is 8.37. The van der Waals surface area contributed by atoms with Gasteiger partial charge in [-0.3, -0.25) is 19.6 Å². The van der Waals surface area contributed by atoms with Crippen LogP contribution in [0.4, 0.5) is 10.3 Å². The van der Waals surface area contributed by atoms with Crippen molar-refractivity contribution in [3.8, 4) is 0 Å². The smallest absolute Gasteiger partial charge is 0.232 e. The van der Waals surface area contributed by atoms with Gasteiger partial charge in [0, 0.05) is 29.4 Å². The largest absolute Gasteiger partial charge is 0.300 e. The number of anilines is 2. The van der Waals surface area contributed by atoms with Crippen LogP contribution in [0.15, 0.2) is 41.2 Å². The molecule has 35 heavy (non-hydrogen) atoms. The standard InChI is InChI=1S/C23H26N8O2S2/c1-3-16(24-2)12-18(32)26-22-30-28-20(34-22)14-7-6-8-15(11-14)21-29-31-23(35-21)27-19(33)13-17-9-4-5-10-25-17/h3-5,9-10,14-15H,2,6-8,11-13H2,1H3,(H,26,30,32)(H,27,31,33). The van der Waals surface area contributed by atoms with Crippen molar-refractivity contribution >= 4 is 51.5 Å². The van der Waals surface area contributed by atoms with Gasteiger partial charge in [0.2, 0.25) is 22.1 Å². The molecule has 4 rings (SSSR count). The van der Waals surface area contributed by atoms with E-state index in [0.29, 0.717) is 21.7 Å². The molecule has 2 unspecified atom stereocenters. The molecule has 3 aromatic rings. The fourth-order valence-electron chi connectivity index (χ4n) is 3.95. The molecule has 182 valence electrons. The van der Waals surface area contributed by atoms with Crippen LogP contribution in [-0.4, -0.2) is 43.9 Å². The number of pyridine rings is 1. The Hall–Kier alpha value is -3.38. The third-order valence-electron chi connectivity index (χ3n) is 5.69. The SMILES string of the molecule is C=NC(=CC)CC(=O)Nc1nnc(C2CCCC(c3nnc(NC(=O)Cc4ccccn4)s3)C2)s1. The quantitative estimate of drug-likeness (QED) is 0.409. The monoisotopic (exact) mass is 510 g/mol. The van der Waals surface area contributed by atoms with E-state index in [4.69, 9.17) is 0 Å². The molecule has 0 aromatic carbocycles. The van der Waals surface area contributed by atoms with E-state index in [1.54, 1.807) is 12.3 Å². The average Bonchev–Trinajstić information content (AvgIpc) is 3.53. The van der Waals surface area contributed by atoms with Gasteiger partial charge in [-0.1, -0.05) is 41.2 Å². The fourth-order valence-corrected chi connectivity index (χ4v) is 5.76. The summed E-state index contributed by atoms with van der Waals surface area (Å²) in [4.78, 5) is 32.5. The summed E-state index contributed by atoms with van der Waals surface area (Å²) in [6.45, 7) is 5.28. The number of aromatic nitrogens is 5. The lowest BCUT2D eigenvalue weighted by molar-refractivity contribution is -0.116. The first-order chi connectivity index (χ1) is 17.0. The predicted molar refractivity (Wildman–Crippen MR) is 137 cm³/mol. The number of allylic oxidation sites excluding steroid dienone is 1. The van der Waals surface area contributed by atoms with Gasteiger partial charge < -0.3 is 10.6 Å². The maximum absolute atomic E-state index is 12.3. The Bertz CT molecular complexity index is 1210. The second-order valence-electron chi connectivity index (χ2n) is 8.16. The summed E-state index contributed by atoms with van der Waals surface area (Å²) in [6.07, 6.45) is 7.70. The Morgan fingerprint density at radius 3 is 2.29 bits per heavy atom. The van der Waals surface area contributed by atoms with Crippen LogP contribution in [0.2, 0.25) is 0 Å². The van der Waals surface area contributed by atoms with E-state index in [0.717, 1.165) is 35.7 Å². The number of rotatable bonds is 9. The van der Waals surface area contributed by atoms with Crippen molar-refractivity contribution < 1.29 is 9.59 Å². The molecule has 2 atom stereocenters. The molecule has 2 amide bonds. The zero-order valence-corrected chi connectivity index (χ0v) is 20.9. The minimum atomic E-state index is -0.193. The van der Waals surface area contributed by atoms with Crippen LogP contribution in [-0.2, 0) is 16.0 Å². The highest BCUT2D eigenvalue weighted by Crippen LogP contribution is 2.43. The highest BCUT2D eigenvalue weighted by atomic mass is 32.1. The van der Waals surface area contributed by atoms with Crippen molar-refractivity contribution in [3.05, 3.63) is 51.9 Å². The van der Waals surface area contributed by atoms with Gasteiger partial charge in [0.25, 0.3) is 0 Å². The molecule has 0 radical (unpaired) electrons. The molecule has 0 saturated heterocycles. The molecule has 10 nitrogen and oxygen atoms in total. The van der Waals surface area contributed by atoms with Crippen LogP contribution >= 0.6 is 22.7 Å². The molecule has 3 aromatic heterocycles. The van der Waals surface area contributed by atoms with Crippen LogP contribution < -0.4 is 10.6 Å². The molecule has 1 fully saturated rings. The van der Waals surface area contributed by atoms with Crippen LogP contribution in [0, 0.1) is 0 Å². The molecule has 1 aliphatic carbocycles. The summed E-state index contributed by atoms with van der Waals surface area (Å²) in [5.41, 5.74) is 1.32. The first kappa shape index (κ1) is 24.7. The fraction of sp³-hybridized carbons (Fsp3) is 0.391. The third-order valence-corrected chi connectivity index (χ3v) is 7.69. The van der Waals surface area contributed by atoms with Crippen molar-refractivity contribution in [1.29, 1.82) is 0 Å². The normalized spacial score (nSPS) is 18.1. The lowest BCUT2D eigenvalue weighted by Gasteiger charge is -2.25. The minimum absolute atomic E-state index is 0.151. The predicted octanol–water partition coefficient (Wildman–Crippen LogP) is 4.34. The highest BCUT2D eigenvalue weighted by Gasteiger charge is 2.29. The van der Waals surface area contributed by atoms with Crippen molar-refractivity contribution in [3.63, 3.8) is 0 Å². The average molecular weight is 511 g/mol. The van der Waals surface area contributed by atoms with E-state index in [-0.39, 0.29) is 36.5 Å². The molecule has 0 spiro atoms. The Morgan fingerprint density at radius 1 is 1.06 bits per heavy atom. The maximum atomic E-state index is 12.3. The zero-order chi connectivity index (χ0) is 24.6. The number of nitrogens with one attached hydrogen (secondary N) is 2. The van der Waals surface area contributed by atoms with E-state index < -0.39 is 0 Å². The summed E-state index contributed by atoms with van der Waals surface area (Å²) < 4.78 is 0. The number of carbonyl (C=O) groups excluding carboxylic acids is 2. The van der Waals surface area contributed by atoms with Crippen molar-refractivity contribution in [2.45, 2.75) is 57.3 Å². The number of carbonyl (C=O) groups is 2. The van der Waals surface area contributed by atoms with Gasteiger partial charge in [0.15, 0.2) is 0 Å². The van der Waals surface area contributed by atoms with Gasteiger partial charge in [0.05, 0.1) is 12.8 Å². The summed E-state index contributed by atoms with van der Waals surface area (Å²) in [5.74, 6) is 0.123. The molecule has 0 bridgehead atoms. The van der Waals surface area contributed by atoms with Gasteiger partial charge in [-0.15, -0.1) is 20.4 Å². The molecule has 1 aliphatic rings. The van der Waals surface area contributed by atoms with Crippen LogP contribution in [0.5, 0.6) is 0 Å².